The first-order chi connectivity index (χ1) is 13.2. The first kappa shape index (κ1) is 21.5. The van der Waals surface area contributed by atoms with Crippen LogP contribution in [-0.4, -0.2) is 33.8 Å². The fourth-order valence-corrected chi connectivity index (χ4v) is 3.43. The highest BCUT2D eigenvalue weighted by Crippen LogP contribution is 2.15. The molecular formula is C18H19F2N3O4S. The smallest absolute Gasteiger partial charge is 0.251 e. The van der Waals surface area contributed by atoms with E-state index in [-0.39, 0.29) is 31.2 Å². The molecule has 0 spiro atoms. The van der Waals surface area contributed by atoms with Gasteiger partial charge < -0.3 is 10.6 Å². The summed E-state index contributed by atoms with van der Waals surface area (Å²) < 4.78 is 52.6. The summed E-state index contributed by atoms with van der Waals surface area (Å²) in [6.07, 6.45) is 0.190. The van der Waals surface area contributed by atoms with Crippen LogP contribution in [0.1, 0.15) is 23.2 Å². The Labute approximate surface area is 161 Å². The van der Waals surface area contributed by atoms with Gasteiger partial charge in [-0.1, -0.05) is 0 Å². The third kappa shape index (κ3) is 5.83. The van der Waals surface area contributed by atoms with Crippen LogP contribution in [-0.2, 0) is 14.8 Å². The van der Waals surface area contributed by atoms with Crippen LogP contribution in [0.4, 0.5) is 14.5 Å². The number of halogens is 2. The van der Waals surface area contributed by atoms with Crippen molar-refractivity contribution in [1.29, 1.82) is 0 Å². The van der Waals surface area contributed by atoms with Gasteiger partial charge in [0.2, 0.25) is 15.9 Å². The quantitative estimate of drug-likeness (QED) is 0.578. The summed E-state index contributed by atoms with van der Waals surface area (Å²) in [4.78, 5) is 22.7. The monoisotopic (exact) mass is 411 g/mol. The summed E-state index contributed by atoms with van der Waals surface area (Å²) in [6.45, 7) is -0.0951. The molecule has 2 amide bonds. The Morgan fingerprint density at radius 2 is 1.71 bits per heavy atom. The van der Waals surface area contributed by atoms with Crippen molar-refractivity contribution >= 4 is 27.5 Å². The molecule has 0 aliphatic rings. The van der Waals surface area contributed by atoms with Gasteiger partial charge in [0, 0.05) is 37.3 Å². The Bertz CT molecular complexity index is 963. The summed E-state index contributed by atoms with van der Waals surface area (Å²) >= 11 is 0. The molecule has 2 rings (SSSR count). The second-order valence-electron chi connectivity index (χ2n) is 5.78. The molecule has 0 aromatic heterocycles. The zero-order valence-corrected chi connectivity index (χ0v) is 15.8. The van der Waals surface area contributed by atoms with Crippen molar-refractivity contribution in [3.63, 3.8) is 0 Å². The van der Waals surface area contributed by atoms with Crippen molar-refractivity contribution in [2.75, 3.05) is 18.9 Å². The second-order valence-corrected chi connectivity index (χ2v) is 7.52. The average molecular weight is 411 g/mol. The highest BCUT2D eigenvalue weighted by molar-refractivity contribution is 7.89. The van der Waals surface area contributed by atoms with E-state index in [0.29, 0.717) is 17.3 Å². The standard InChI is InChI=1S/C18H19F2N3O4S/c1-21-18(25)12-4-7-14(8-5-12)23-17(24)3-2-10-22-28(26,27)16-9-6-13(19)11-15(16)20/h4-9,11,22H,2-3,10H2,1H3,(H,21,25)(H,23,24). The predicted molar refractivity (Wildman–Crippen MR) is 99.2 cm³/mol. The molecule has 7 nitrogen and oxygen atoms in total. The number of carbonyl (C=O) groups excluding carboxylic acids is 2. The average Bonchev–Trinajstić information content (AvgIpc) is 2.65. The van der Waals surface area contributed by atoms with Gasteiger partial charge in [-0.25, -0.2) is 21.9 Å². The summed E-state index contributed by atoms with van der Waals surface area (Å²) in [7, 11) is -2.63. The summed E-state index contributed by atoms with van der Waals surface area (Å²) in [5.74, 6) is -2.66. The Morgan fingerprint density at radius 3 is 2.32 bits per heavy atom. The summed E-state index contributed by atoms with van der Waals surface area (Å²) in [5.41, 5.74) is 0.939. The maximum atomic E-state index is 13.6. The topological polar surface area (TPSA) is 104 Å². The third-order valence-corrected chi connectivity index (χ3v) is 5.21. The van der Waals surface area contributed by atoms with Gasteiger partial charge in [0.15, 0.2) is 0 Å². The van der Waals surface area contributed by atoms with Crippen molar-refractivity contribution in [3.8, 4) is 0 Å². The number of carbonyl (C=O) groups is 2. The maximum Gasteiger partial charge on any atom is 0.251 e. The number of anilines is 1. The highest BCUT2D eigenvalue weighted by atomic mass is 32.2. The molecular weight excluding hydrogens is 392 g/mol. The van der Waals surface area contributed by atoms with Gasteiger partial charge in [-0.3, -0.25) is 9.59 Å². The molecule has 28 heavy (non-hydrogen) atoms. The molecule has 0 aliphatic carbocycles. The van der Waals surface area contributed by atoms with E-state index in [1.54, 1.807) is 24.3 Å². The van der Waals surface area contributed by atoms with E-state index in [1.807, 2.05) is 0 Å². The van der Waals surface area contributed by atoms with Crippen LogP contribution >= 0.6 is 0 Å². The molecule has 2 aromatic carbocycles. The number of benzene rings is 2. The van der Waals surface area contributed by atoms with Gasteiger partial charge in [-0.05, 0) is 42.8 Å². The van der Waals surface area contributed by atoms with Gasteiger partial charge in [0.05, 0.1) is 0 Å². The molecule has 0 bridgehead atoms. The number of hydrogen-bond donors (Lipinski definition) is 3. The minimum Gasteiger partial charge on any atom is -0.355 e. The van der Waals surface area contributed by atoms with Gasteiger partial charge in [0.25, 0.3) is 5.91 Å². The normalized spacial score (nSPS) is 11.1. The third-order valence-electron chi connectivity index (χ3n) is 3.71. The zero-order valence-electron chi connectivity index (χ0n) is 15.0. The van der Waals surface area contributed by atoms with Crippen LogP contribution in [0.3, 0.4) is 0 Å². The zero-order chi connectivity index (χ0) is 20.7. The Kier molecular flexibility index (Phi) is 7.18. The van der Waals surface area contributed by atoms with Crippen LogP contribution in [0, 0.1) is 11.6 Å². The summed E-state index contributed by atoms with van der Waals surface area (Å²) in [5, 5.41) is 5.10. The minimum absolute atomic E-state index is 0.0195. The van der Waals surface area contributed by atoms with Crippen molar-refractivity contribution in [1.82, 2.24) is 10.0 Å². The van der Waals surface area contributed by atoms with Crippen molar-refractivity contribution < 1.29 is 26.8 Å². The Balaban J connectivity index is 1.81. The van der Waals surface area contributed by atoms with Crippen molar-refractivity contribution in [2.24, 2.45) is 0 Å². The summed E-state index contributed by atoms with van der Waals surface area (Å²) in [6, 6.07) is 8.42. The van der Waals surface area contributed by atoms with E-state index in [2.05, 4.69) is 15.4 Å². The molecule has 0 saturated carbocycles. The molecule has 0 saturated heterocycles. The van der Waals surface area contributed by atoms with Gasteiger partial charge in [-0.2, -0.15) is 0 Å². The fourth-order valence-electron chi connectivity index (χ4n) is 2.30. The predicted octanol–water partition coefficient (Wildman–Crippen LogP) is 2.02. The SMILES string of the molecule is CNC(=O)c1ccc(NC(=O)CCCNS(=O)(=O)c2ccc(F)cc2F)cc1. The molecule has 10 heteroatoms. The maximum absolute atomic E-state index is 13.6. The van der Waals surface area contributed by atoms with Gasteiger partial charge in [0.1, 0.15) is 16.5 Å². The van der Waals surface area contributed by atoms with Gasteiger partial charge >= 0.3 is 0 Å². The van der Waals surface area contributed by atoms with E-state index in [0.717, 1.165) is 12.1 Å². The molecule has 0 unspecified atom stereocenters. The number of amides is 2. The number of nitrogens with one attached hydrogen (secondary N) is 3. The van der Waals surface area contributed by atoms with Gasteiger partial charge in [-0.15, -0.1) is 0 Å². The lowest BCUT2D eigenvalue weighted by atomic mass is 10.2. The minimum atomic E-state index is -4.14. The van der Waals surface area contributed by atoms with Crippen molar-refractivity contribution in [2.45, 2.75) is 17.7 Å². The van der Waals surface area contributed by atoms with Crippen LogP contribution in [0.5, 0.6) is 0 Å². The molecule has 150 valence electrons. The van der Waals surface area contributed by atoms with E-state index >= 15 is 0 Å². The number of hydrogen-bond acceptors (Lipinski definition) is 4. The Morgan fingerprint density at radius 1 is 1.04 bits per heavy atom. The van der Waals surface area contributed by atoms with E-state index in [1.165, 1.54) is 7.05 Å². The number of rotatable bonds is 8. The lowest BCUT2D eigenvalue weighted by molar-refractivity contribution is -0.116. The first-order valence-electron chi connectivity index (χ1n) is 8.29. The molecule has 0 radical (unpaired) electrons. The molecule has 0 aliphatic heterocycles. The molecule has 2 aromatic rings. The highest BCUT2D eigenvalue weighted by Gasteiger charge is 2.19. The van der Waals surface area contributed by atoms with Crippen LogP contribution in [0.25, 0.3) is 0 Å². The van der Waals surface area contributed by atoms with E-state index in [9.17, 15) is 26.8 Å². The first-order valence-corrected chi connectivity index (χ1v) is 9.78. The second kappa shape index (κ2) is 9.38. The van der Waals surface area contributed by atoms with Crippen LogP contribution in [0.15, 0.2) is 47.4 Å². The lowest BCUT2D eigenvalue weighted by Crippen LogP contribution is -2.26. The Hall–Kier alpha value is -2.85. The molecule has 3 N–H and O–H groups in total. The molecule has 0 atom stereocenters. The van der Waals surface area contributed by atoms with E-state index in [4.69, 9.17) is 0 Å². The molecule has 0 heterocycles. The van der Waals surface area contributed by atoms with E-state index < -0.39 is 26.6 Å². The van der Waals surface area contributed by atoms with Crippen LogP contribution < -0.4 is 15.4 Å². The van der Waals surface area contributed by atoms with Crippen molar-refractivity contribution in [3.05, 3.63) is 59.7 Å². The van der Waals surface area contributed by atoms with Crippen LogP contribution in [0.2, 0.25) is 0 Å². The lowest BCUT2D eigenvalue weighted by Gasteiger charge is -2.08. The largest absolute Gasteiger partial charge is 0.355 e. The number of sulfonamides is 1. The fraction of sp³-hybridized carbons (Fsp3) is 0.222. The molecule has 0 fully saturated rings.